The van der Waals surface area contributed by atoms with Crippen LogP contribution in [-0.4, -0.2) is 41.6 Å². The van der Waals surface area contributed by atoms with Gasteiger partial charge in [0.15, 0.2) is 5.65 Å². The normalized spacial score (nSPS) is 11.9. The van der Waals surface area contributed by atoms with Gasteiger partial charge in [-0.1, -0.05) is 18.2 Å². The van der Waals surface area contributed by atoms with Crippen LogP contribution in [0.25, 0.3) is 11.0 Å². The highest BCUT2D eigenvalue weighted by atomic mass is 32.2. The van der Waals surface area contributed by atoms with Gasteiger partial charge in [0.05, 0.1) is 23.4 Å². The lowest BCUT2D eigenvalue weighted by atomic mass is 10.1. The number of hydrogen-bond donors (Lipinski definition) is 1. The van der Waals surface area contributed by atoms with Crippen molar-refractivity contribution < 1.29 is 27.5 Å². The zero-order chi connectivity index (χ0) is 24.2. The first kappa shape index (κ1) is 24.2. The predicted octanol–water partition coefficient (Wildman–Crippen LogP) is 4.12. The van der Waals surface area contributed by atoms with Gasteiger partial charge in [0.25, 0.3) is 10.0 Å². The maximum Gasteiger partial charge on any atom is 0.412 e. The molecule has 33 heavy (non-hydrogen) atoms. The molecule has 2 aromatic heterocycles. The molecule has 1 amide bonds. The fourth-order valence-electron chi connectivity index (χ4n) is 3.19. The number of carbonyl (C=O) groups is 2. The summed E-state index contributed by atoms with van der Waals surface area (Å²) in [5.41, 5.74) is 0.425. The van der Waals surface area contributed by atoms with Gasteiger partial charge in [0.1, 0.15) is 5.60 Å². The molecule has 0 spiro atoms. The quantitative estimate of drug-likeness (QED) is 0.513. The van der Waals surface area contributed by atoms with Crippen LogP contribution < -0.4 is 5.32 Å². The third kappa shape index (κ3) is 5.89. The monoisotopic (exact) mass is 473 g/mol. The van der Waals surface area contributed by atoms with Gasteiger partial charge in [-0.2, -0.15) is 0 Å². The number of ether oxygens (including phenoxy) is 2. The summed E-state index contributed by atoms with van der Waals surface area (Å²) in [7, 11) is -3.93. The van der Waals surface area contributed by atoms with Crippen molar-refractivity contribution >= 4 is 38.8 Å². The molecule has 0 aliphatic carbocycles. The molecule has 3 aromatic rings. The minimum absolute atomic E-state index is 0.0715. The average Bonchev–Trinajstić information content (AvgIpc) is 3.10. The van der Waals surface area contributed by atoms with E-state index < -0.39 is 21.7 Å². The van der Waals surface area contributed by atoms with Crippen molar-refractivity contribution in [1.29, 1.82) is 0 Å². The van der Waals surface area contributed by atoms with Crippen LogP contribution in [0.15, 0.2) is 53.7 Å². The second-order valence-electron chi connectivity index (χ2n) is 8.30. The number of esters is 1. The summed E-state index contributed by atoms with van der Waals surface area (Å²) >= 11 is 0. The SMILES string of the molecule is CCOC(=O)CCc1cn(S(=O)(=O)c2ccccc2)c2ncc(NC(=O)OC(C)(C)C)cc12. The van der Waals surface area contributed by atoms with Gasteiger partial charge in [-0.25, -0.2) is 22.2 Å². The smallest absolute Gasteiger partial charge is 0.412 e. The molecule has 0 fully saturated rings. The van der Waals surface area contributed by atoms with Gasteiger partial charge in [-0.15, -0.1) is 0 Å². The number of anilines is 1. The highest BCUT2D eigenvalue weighted by Gasteiger charge is 2.23. The van der Waals surface area contributed by atoms with Crippen LogP contribution in [-0.2, 0) is 30.7 Å². The van der Waals surface area contributed by atoms with Crippen molar-refractivity contribution in [3.63, 3.8) is 0 Å². The Balaban J connectivity index is 2.04. The first-order valence-corrected chi connectivity index (χ1v) is 11.9. The molecule has 0 saturated carbocycles. The fraction of sp³-hybridized carbons (Fsp3) is 0.348. The Morgan fingerprint density at radius 2 is 1.85 bits per heavy atom. The predicted molar refractivity (Wildman–Crippen MR) is 124 cm³/mol. The number of aromatic nitrogens is 2. The Labute approximate surface area is 192 Å². The van der Waals surface area contributed by atoms with E-state index in [1.807, 2.05) is 0 Å². The summed E-state index contributed by atoms with van der Waals surface area (Å²) in [5.74, 6) is -0.389. The molecule has 0 aliphatic heterocycles. The van der Waals surface area contributed by atoms with Crippen LogP contribution in [0.1, 0.15) is 39.7 Å². The minimum Gasteiger partial charge on any atom is -0.466 e. The van der Waals surface area contributed by atoms with E-state index >= 15 is 0 Å². The maximum absolute atomic E-state index is 13.3. The van der Waals surface area contributed by atoms with Gasteiger partial charge in [-0.3, -0.25) is 10.1 Å². The number of aryl methyl sites for hydroxylation is 1. The van der Waals surface area contributed by atoms with Crippen molar-refractivity contribution in [2.75, 3.05) is 11.9 Å². The molecular weight excluding hydrogens is 446 g/mol. The van der Waals surface area contributed by atoms with Crippen LogP contribution in [0.4, 0.5) is 10.5 Å². The average molecular weight is 474 g/mol. The summed E-state index contributed by atoms with van der Waals surface area (Å²) < 4.78 is 37.9. The number of carbonyl (C=O) groups excluding carboxylic acids is 2. The highest BCUT2D eigenvalue weighted by molar-refractivity contribution is 7.90. The topological polar surface area (TPSA) is 117 Å². The molecule has 0 aliphatic rings. The molecule has 1 aromatic carbocycles. The van der Waals surface area contributed by atoms with Crippen LogP contribution in [0, 0.1) is 0 Å². The van der Waals surface area contributed by atoms with Crippen LogP contribution in [0.2, 0.25) is 0 Å². The Hall–Kier alpha value is -3.40. The molecule has 0 bridgehead atoms. The first-order chi connectivity index (χ1) is 15.5. The van der Waals surface area contributed by atoms with Gasteiger partial charge >= 0.3 is 12.1 Å². The Bertz CT molecular complexity index is 1260. The van der Waals surface area contributed by atoms with E-state index in [0.717, 1.165) is 3.97 Å². The summed E-state index contributed by atoms with van der Waals surface area (Å²) in [5, 5.41) is 3.10. The second-order valence-corrected chi connectivity index (χ2v) is 10.1. The lowest BCUT2D eigenvalue weighted by Gasteiger charge is -2.19. The summed E-state index contributed by atoms with van der Waals surface area (Å²) in [6, 6.07) is 9.61. The molecule has 0 unspecified atom stereocenters. The summed E-state index contributed by atoms with van der Waals surface area (Å²) in [4.78, 5) is 28.5. The Kier molecular flexibility index (Phi) is 7.06. The van der Waals surface area contributed by atoms with E-state index in [0.29, 0.717) is 16.6 Å². The van der Waals surface area contributed by atoms with Crippen LogP contribution in [0.3, 0.4) is 0 Å². The van der Waals surface area contributed by atoms with Gasteiger partial charge in [-0.05, 0) is 57.9 Å². The molecule has 1 N–H and O–H groups in total. The van der Waals surface area contributed by atoms with Crippen LogP contribution >= 0.6 is 0 Å². The van der Waals surface area contributed by atoms with E-state index in [1.54, 1.807) is 52.0 Å². The van der Waals surface area contributed by atoms with Crippen LogP contribution in [0.5, 0.6) is 0 Å². The maximum atomic E-state index is 13.3. The number of fused-ring (bicyclic) bond motifs is 1. The van der Waals surface area contributed by atoms with Crippen molar-refractivity contribution in [2.45, 2.75) is 51.0 Å². The number of hydrogen-bond acceptors (Lipinski definition) is 7. The molecule has 10 heteroatoms. The molecule has 9 nitrogen and oxygen atoms in total. The molecule has 0 saturated heterocycles. The van der Waals surface area contributed by atoms with Gasteiger partial charge < -0.3 is 9.47 Å². The van der Waals surface area contributed by atoms with Crippen molar-refractivity contribution in [2.24, 2.45) is 0 Å². The minimum atomic E-state index is -3.93. The lowest BCUT2D eigenvalue weighted by molar-refractivity contribution is -0.143. The third-order valence-corrected chi connectivity index (χ3v) is 6.21. The number of benzene rings is 1. The summed E-state index contributed by atoms with van der Waals surface area (Å²) in [6.45, 7) is 7.21. The van der Waals surface area contributed by atoms with Crippen molar-refractivity contribution in [1.82, 2.24) is 8.96 Å². The molecule has 0 atom stereocenters. The molecular formula is C23H27N3O6S. The molecule has 176 valence electrons. The lowest BCUT2D eigenvalue weighted by Crippen LogP contribution is -2.27. The Morgan fingerprint density at radius 1 is 1.15 bits per heavy atom. The van der Waals surface area contributed by atoms with Gasteiger partial charge in [0, 0.05) is 18.0 Å². The van der Waals surface area contributed by atoms with Crippen molar-refractivity contribution in [3.05, 3.63) is 54.4 Å². The van der Waals surface area contributed by atoms with Crippen molar-refractivity contribution in [3.8, 4) is 0 Å². The fourth-order valence-corrected chi connectivity index (χ4v) is 4.56. The van der Waals surface area contributed by atoms with E-state index in [4.69, 9.17) is 9.47 Å². The zero-order valence-electron chi connectivity index (χ0n) is 19.0. The van der Waals surface area contributed by atoms with E-state index in [1.165, 1.54) is 24.5 Å². The number of nitrogens with one attached hydrogen (secondary N) is 1. The number of pyridine rings is 1. The van der Waals surface area contributed by atoms with E-state index in [2.05, 4.69) is 10.3 Å². The molecule has 3 rings (SSSR count). The number of nitrogens with zero attached hydrogens (tertiary/aromatic N) is 2. The molecule has 2 heterocycles. The van der Waals surface area contributed by atoms with Gasteiger partial charge in [0.2, 0.25) is 0 Å². The van der Waals surface area contributed by atoms with E-state index in [-0.39, 0.29) is 36.0 Å². The first-order valence-electron chi connectivity index (χ1n) is 10.5. The third-order valence-electron chi connectivity index (χ3n) is 4.54. The van der Waals surface area contributed by atoms with E-state index in [9.17, 15) is 18.0 Å². The standard InChI is InChI=1S/C23H27N3O6S/c1-5-31-20(27)12-11-16-15-26(33(29,30)18-9-7-6-8-10-18)21-19(16)13-17(14-24-21)25-22(28)32-23(2,3)4/h6-10,13-15H,5,11-12H2,1-4H3,(H,25,28). The zero-order valence-corrected chi connectivity index (χ0v) is 19.8. The number of amides is 1. The Morgan fingerprint density at radius 3 is 2.48 bits per heavy atom. The highest BCUT2D eigenvalue weighted by Crippen LogP contribution is 2.28. The second kappa shape index (κ2) is 9.62. The number of rotatable bonds is 7. The summed E-state index contributed by atoms with van der Waals surface area (Å²) in [6.07, 6.45) is 2.47. The molecule has 0 radical (unpaired) electrons. The largest absolute Gasteiger partial charge is 0.466 e.